The molecule has 1 fully saturated rings. The van der Waals surface area contributed by atoms with Crippen LogP contribution in [0.1, 0.15) is 18.4 Å². The van der Waals surface area contributed by atoms with Gasteiger partial charge in [0, 0.05) is 12.0 Å². The zero-order chi connectivity index (χ0) is 16.8. The van der Waals surface area contributed by atoms with Crippen LogP contribution in [0.3, 0.4) is 0 Å². The van der Waals surface area contributed by atoms with Crippen LogP contribution in [0, 0.1) is 5.82 Å². The first-order chi connectivity index (χ1) is 11.7. The molecule has 0 aromatic heterocycles. The molecule has 2 amide bonds. The molecule has 0 aliphatic heterocycles. The van der Waals surface area contributed by atoms with E-state index in [1.54, 1.807) is 12.1 Å². The molecule has 0 spiro atoms. The first-order valence-electron chi connectivity index (χ1n) is 8.14. The number of carbonyl (C=O) groups excluding carboxylic acids is 1. The summed E-state index contributed by atoms with van der Waals surface area (Å²) in [5, 5.41) is 5.70. The predicted octanol–water partition coefficient (Wildman–Crippen LogP) is 3.24. The maximum atomic E-state index is 12.8. The molecule has 0 saturated heterocycles. The topological polar surface area (TPSA) is 50.4 Å². The summed E-state index contributed by atoms with van der Waals surface area (Å²) < 4.78 is 18.2. The number of halogens is 1. The highest BCUT2D eigenvalue weighted by molar-refractivity contribution is 5.74. The van der Waals surface area contributed by atoms with Crippen molar-refractivity contribution in [3.05, 3.63) is 66.0 Å². The van der Waals surface area contributed by atoms with Crippen molar-refractivity contribution >= 4 is 6.03 Å². The SMILES string of the molecule is O=C(NCCOc1ccc(F)cc1)NCC1(c2ccccc2)CC1. The van der Waals surface area contributed by atoms with E-state index < -0.39 is 0 Å². The standard InChI is InChI=1S/C19H21FN2O2/c20-16-6-8-17(9-7-16)24-13-12-21-18(23)22-14-19(10-11-19)15-4-2-1-3-5-15/h1-9H,10-14H2,(H2,21,22,23). The van der Waals surface area contributed by atoms with Crippen molar-refractivity contribution in [3.8, 4) is 5.75 Å². The average molecular weight is 328 g/mol. The van der Waals surface area contributed by atoms with E-state index >= 15 is 0 Å². The first kappa shape index (κ1) is 16.3. The van der Waals surface area contributed by atoms with Crippen LogP contribution >= 0.6 is 0 Å². The van der Waals surface area contributed by atoms with Crippen LogP contribution in [0.5, 0.6) is 5.75 Å². The fourth-order valence-corrected chi connectivity index (χ4v) is 2.69. The zero-order valence-corrected chi connectivity index (χ0v) is 13.4. The van der Waals surface area contributed by atoms with E-state index in [2.05, 4.69) is 22.8 Å². The molecule has 1 aliphatic carbocycles. The minimum absolute atomic E-state index is 0.100. The number of nitrogens with one attached hydrogen (secondary N) is 2. The maximum absolute atomic E-state index is 12.8. The summed E-state index contributed by atoms with van der Waals surface area (Å²) in [4.78, 5) is 11.9. The van der Waals surface area contributed by atoms with E-state index in [0.29, 0.717) is 25.4 Å². The summed E-state index contributed by atoms with van der Waals surface area (Å²) in [6.07, 6.45) is 2.20. The molecular formula is C19H21FN2O2. The monoisotopic (exact) mass is 328 g/mol. The zero-order valence-electron chi connectivity index (χ0n) is 13.4. The van der Waals surface area contributed by atoms with Gasteiger partial charge in [-0.2, -0.15) is 0 Å². The van der Waals surface area contributed by atoms with Crippen LogP contribution in [-0.4, -0.2) is 25.7 Å². The fourth-order valence-electron chi connectivity index (χ4n) is 2.69. The molecule has 4 nitrogen and oxygen atoms in total. The summed E-state index contributed by atoms with van der Waals surface area (Å²) in [6, 6.07) is 15.9. The van der Waals surface area contributed by atoms with E-state index in [1.165, 1.54) is 17.7 Å². The number of rotatable bonds is 7. The van der Waals surface area contributed by atoms with Gasteiger partial charge in [0.15, 0.2) is 0 Å². The summed E-state index contributed by atoms with van der Waals surface area (Å²) >= 11 is 0. The second kappa shape index (κ2) is 7.34. The highest BCUT2D eigenvalue weighted by Crippen LogP contribution is 2.47. The summed E-state index contributed by atoms with van der Waals surface area (Å²) in [5.41, 5.74) is 1.38. The fraction of sp³-hybridized carbons (Fsp3) is 0.316. The third-order valence-corrected chi connectivity index (χ3v) is 4.30. The molecule has 2 aromatic rings. The van der Waals surface area contributed by atoms with Gasteiger partial charge in [-0.3, -0.25) is 0 Å². The Morgan fingerprint density at radius 2 is 1.75 bits per heavy atom. The van der Waals surface area contributed by atoms with Crippen LogP contribution < -0.4 is 15.4 Å². The van der Waals surface area contributed by atoms with Crippen LogP contribution in [-0.2, 0) is 5.41 Å². The Hall–Kier alpha value is -2.56. The third-order valence-electron chi connectivity index (χ3n) is 4.30. The van der Waals surface area contributed by atoms with E-state index in [-0.39, 0.29) is 17.3 Å². The van der Waals surface area contributed by atoms with Gasteiger partial charge >= 0.3 is 6.03 Å². The van der Waals surface area contributed by atoms with Crippen molar-refractivity contribution in [2.24, 2.45) is 0 Å². The molecule has 0 atom stereocenters. The normalized spacial score (nSPS) is 14.7. The molecule has 0 heterocycles. The number of carbonyl (C=O) groups is 1. The predicted molar refractivity (Wildman–Crippen MR) is 90.7 cm³/mol. The van der Waals surface area contributed by atoms with E-state index in [4.69, 9.17) is 4.74 Å². The number of amides is 2. The quantitative estimate of drug-likeness (QED) is 0.767. The van der Waals surface area contributed by atoms with Crippen molar-refractivity contribution < 1.29 is 13.9 Å². The van der Waals surface area contributed by atoms with Crippen LogP contribution in [0.4, 0.5) is 9.18 Å². The summed E-state index contributed by atoms with van der Waals surface area (Å²) in [5.74, 6) is 0.284. The van der Waals surface area contributed by atoms with Crippen LogP contribution in [0.15, 0.2) is 54.6 Å². The lowest BCUT2D eigenvalue weighted by atomic mass is 9.96. The van der Waals surface area contributed by atoms with Crippen molar-refractivity contribution in [2.75, 3.05) is 19.7 Å². The van der Waals surface area contributed by atoms with Gasteiger partial charge in [0.2, 0.25) is 0 Å². The van der Waals surface area contributed by atoms with Gasteiger partial charge in [0.25, 0.3) is 0 Å². The average Bonchev–Trinajstić information content (AvgIpc) is 3.41. The third kappa shape index (κ3) is 4.25. The van der Waals surface area contributed by atoms with E-state index in [0.717, 1.165) is 12.8 Å². The molecule has 2 N–H and O–H groups in total. The molecule has 0 radical (unpaired) electrons. The Morgan fingerprint density at radius 1 is 1.04 bits per heavy atom. The Kier molecular flexibility index (Phi) is 4.99. The molecule has 1 aliphatic rings. The van der Waals surface area contributed by atoms with Gasteiger partial charge in [0.1, 0.15) is 18.2 Å². The highest BCUT2D eigenvalue weighted by atomic mass is 19.1. The minimum Gasteiger partial charge on any atom is -0.492 e. The lowest BCUT2D eigenvalue weighted by Crippen LogP contribution is -2.41. The number of urea groups is 1. The first-order valence-corrected chi connectivity index (χ1v) is 8.14. The van der Waals surface area contributed by atoms with Crippen LogP contribution in [0.25, 0.3) is 0 Å². The molecule has 1 saturated carbocycles. The number of benzene rings is 2. The second-order valence-corrected chi connectivity index (χ2v) is 6.06. The Bertz CT molecular complexity index is 670. The number of hydrogen-bond acceptors (Lipinski definition) is 2. The van der Waals surface area contributed by atoms with Crippen LogP contribution in [0.2, 0.25) is 0 Å². The van der Waals surface area contributed by atoms with E-state index in [1.807, 2.05) is 18.2 Å². The summed E-state index contributed by atoms with van der Waals surface area (Å²) in [6.45, 7) is 1.37. The molecule has 3 rings (SSSR count). The lowest BCUT2D eigenvalue weighted by molar-refractivity contribution is 0.235. The molecule has 0 unspecified atom stereocenters. The van der Waals surface area contributed by atoms with Gasteiger partial charge in [-0.1, -0.05) is 30.3 Å². The number of hydrogen-bond donors (Lipinski definition) is 2. The van der Waals surface area contributed by atoms with Gasteiger partial charge < -0.3 is 15.4 Å². The molecule has 24 heavy (non-hydrogen) atoms. The van der Waals surface area contributed by atoms with E-state index in [9.17, 15) is 9.18 Å². The molecule has 5 heteroatoms. The highest BCUT2D eigenvalue weighted by Gasteiger charge is 2.44. The van der Waals surface area contributed by atoms with Crippen molar-refractivity contribution in [1.29, 1.82) is 0 Å². The van der Waals surface area contributed by atoms with Crippen molar-refractivity contribution in [2.45, 2.75) is 18.3 Å². The van der Waals surface area contributed by atoms with Gasteiger partial charge in [-0.05, 0) is 42.7 Å². The molecule has 126 valence electrons. The Balaban J connectivity index is 1.35. The minimum atomic E-state index is -0.299. The maximum Gasteiger partial charge on any atom is 0.314 e. The van der Waals surface area contributed by atoms with Crippen molar-refractivity contribution in [3.63, 3.8) is 0 Å². The van der Waals surface area contributed by atoms with Gasteiger partial charge in [-0.25, -0.2) is 9.18 Å². The van der Waals surface area contributed by atoms with Gasteiger partial charge in [0.05, 0.1) is 6.54 Å². The second-order valence-electron chi connectivity index (χ2n) is 6.06. The lowest BCUT2D eigenvalue weighted by Gasteiger charge is -2.17. The van der Waals surface area contributed by atoms with Gasteiger partial charge in [-0.15, -0.1) is 0 Å². The van der Waals surface area contributed by atoms with Crippen molar-refractivity contribution in [1.82, 2.24) is 10.6 Å². The molecular weight excluding hydrogens is 307 g/mol. The largest absolute Gasteiger partial charge is 0.492 e. The smallest absolute Gasteiger partial charge is 0.314 e. The Morgan fingerprint density at radius 3 is 2.42 bits per heavy atom. The number of ether oxygens (including phenoxy) is 1. The molecule has 2 aromatic carbocycles. The Labute approximate surface area is 141 Å². The summed E-state index contributed by atoms with van der Waals surface area (Å²) in [7, 11) is 0. The molecule has 0 bridgehead atoms.